The van der Waals surface area contributed by atoms with Crippen LogP contribution >= 0.6 is 0 Å². The molecule has 1 fully saturated rings. The number of hydrogen-bond acceptors (Lipinski definition) is 8. The van der Waals surface area contributed by atoms with Crippen LogP contribution in [0.2, 0.25) is 0 Å². The monoisotopic (exact) mass is 548 g/mol. The second-order valence-corrected chi connectivity index (χ2v) is 11.2. The van der Waals surface area contributed by atoms with Gasteiger partial charge in [0.05, 0.1) is 12.0 Å². The first-order chi connectivity index (χ1) is 18.8. The number of nitrogens with zero attached hydrogens (tertiary/aromatic N) is 4. The highest BCUT2D eigenvalue weighted by Crippen LogP contribution is 2.31. The molecule has 0 amide bonds. The van der Waals surface area contributed by atoms with Crippen LogP contribution in [-0.2, 0) is 10.0 Å². The molecule has 2 N–H and O–H groups in total. The van der Waals surface area contributed by atoms with E-state index in [4.69, 9.17) is 4.74 Å². The van der Waals surface area contributed by atoms with Crippen molar-refractivity contribution in [1.82, 2.24) is 19.3 Å². The van der Waals surface area contributed by atoms with Crippen LogP contribution in [0.25, 0.3) is 0 Å². The maximum atomic E-state index is 13.5. The molecule has 0 bridgehead atoms. The molecule has 2 aromatic carbocycles. The Hall–Kier alpha value is -4.09. The number of aryl methyl sites for hydroxylation is 1. The number of piperidine rings is 1. The predicted molar refractivity (Wildman–Crippen MR) is 148 cm³/mol. The summed E-state index contributed by atoms with van der Waals surface area (Å²) >= 11 is 0. The van der Waals surface area contributed by atoms with Crippen LogP contribution in [-0.4, -0.2) is 47.9 Å². The summed E-state index contributed by atoms with van der Waals surface area (Å²) in [5.41, 5.74) is 2.81. The van der Waals surface area contributed by atoms with Crippen molar-refractivity contribution in [1.29, 1.82) is 0 Å². The van der Waals surface area contributed by atoms with Gasteiger partial charge in [-0.1, -0.05) is 0 Å². The van der Waals surface area contributed by atoms with Gasteiger partial charge in [-0.3, -0.25) is 4.98 Å². The number of methoxy groups -OCH3 is 1. The summed E-state index contributed by atoms with van der Waals surface area (Å²) in [6.45, 7) is 2.54. The molecule has 1 saturated heterocycles. The average molecular weight is 549 g/mol. The van der Waals surface area contributed by atoms with E-state index >= 15 is 0 Å². The molecule has 3 heterocycles. The first-order valence-corrected chi connectivity index (χ1v) is 14.0. The highest BCUT2D eigenvalue weighted by molar-refractivity contribution is 7.89. The fourth-order valence-electron chi connectivity index (χ4n) is 4.52. The summed E-state index contributed by atoms with van der Waals surface area (Å²) in [5, 5.41) is 6.22. The van der Waals surface area contributed by atoms with Crippen molar-refractivity contribution in [3.05, 3.63) is 90.1 Å². The Labute approximate surface area is 227 Å². The van der Waals surface area contributed by atoms with E-state index in [0.29, 0.717) is 54.6 Å². The minimum atomic E-state index is -3.63. The topological polar surface area (TPSA) is 109 Å². The van der Waals surface area contributed by atoms with E-state index in [1.165, 1.54) is 10.4 Å². The molecule has 202 valence electrons. The third-order valence-corrected chi connectivity index (χ3v) is 8.61. The maximum Gasteiger partial charge on any atom is 0.243 e. The zero-order valence-electron chi connectivity index (χ0n) is 21.6. The van der Waals surface area contributed by atoms with Crippen molar-refractivity contribution in [3.8, 4) is 5.75 Å². The molecule has 39 heavy (non-hydrogen) atoms. The molecule has 1 aliphatic rings. The normalized spacial score (nSPS) is 14.6. The highest BCUT2D eigenvalue weighted by atomic mass is 32.2. The summed E-state index contributed by atoms with van der Waals surface area (Å²) in [5.74, 6) is 1.54. The van der Waals surface area contributed by atoms with Gasteiger partial charge >= 0.3 is 0 Å². The molecule has 11 heteroatoms. The van der Waals surface area contributed by atoms with E-state index in [-0.39, 0.29) is 16.6 Å². The number of benzene rings is 2. The van der Waals surface area contributed by atoms with Crippen molar-refractivity contribution in [2.24, 2.45) is 0 Å². The van der Waals surface area contributed by atoms with Crippen LogP contribution in [0.5, 0.6) is 5.75 Å². The summed E-state index contributed by atoms with van der Waals surface area (Å²) in [6.07, 6.45) is 4.70. The van der Waals surface area contributed by atoms with Crippen molar-refractivity contribution in [2.75, 3.05) is 30.8 Å². The largest absolute Gasteiger partial charge is 0.497 e. The molecule has 9 nitrogen and oxygen atoms in total. The molecule has 0 radical (unpaired) electrons. The Balaban J connectivity index is 1.21. The van der Waals surface area contributed by atoms with Gasteiger partial charge in [0, 0.05) is 54.5 Å². The van der Waals surface area contributed by atoms with Gasteiger partial charge in [0.1, 0.15) is 17.4 Å². The van der Waals surface area contributed by atoms with Crippen molar-refractivity contribution >= 4 is 33.2 Å². The number of sulfonamides is 1. The molecule has 5 rings (SSSR count). The van der Waals surface area contributed by atoms with Gasteiger partial charge in [-0.25, -0.2) is 17.8 Å². The minimum absolute atomic E-state index is 0.190. The lowest BCUT2D eigenvalue weighted by Crippen LogP contribution is -2.38. The standard InChI is InChI=1S/C28H29FN6O3S/c1-19-17-22(5-8-25(19)29)32-27-10-14-31-28(34-27)33-21-3-6-24(7-4-21)39(36,37)35-15-11-20(12-16-35)26-18-23(38-2)9-13-30-26/h3-10,13-14,17-18,20H,11-12,15-16H2,1-2H3,(H2,31,32,33,34). The number of hydrogen-bond donors (Lipinski definition) is 2. The molecular weight excluding hydrogens is 519 g/mol. The molecule has 4 aromatic rings. The fraction of sp³-hybridized carbons (Fsp3) is 0.250. The summed E-state index contributed by atoms with van der Waals surface area (Å²) in [7, 11) is -2.01. The molecule has 2 aromatic heterocycles. The first kappa shape index (κ1) is 26.5. The van der Waals surface area contributed by atoms with Crippen LogP contribution in [0.3, 0.4) is 0 Å². The lowest BCUT2D eigenvalue weighted by molar-refractivity contribution is 0.316. The van der Waals surface area contributed by atoms with Crippen LogP contribution in [0.15, 0.2) is 78.0 Å². The fourth-order valence-corrected chi connectivity index (χ4v) is 5.99. The van der Waals surface area contributed by atoms with E-state index in [1.807, 2.05) is 6.07 Å². The van der Waals surface area contributed by atoms with Crippen LogP contribution in [0.4, 0.5) is 27.5 Å². The number of ether oxygens (including phenoxy) is 1. The van der Waals surface area contributed by atoms with Gasteiger partial charge in [-0.15, -0.1) is 0 Å². The third-order valence-electron chi connectivity index (χ3n) is 6.69. The SMILES string of the molecule is COc1ccnc(C2CCN(S(=O)(=O)c3ccc(Nc4nccc(Nc5ccc(F)c(C)c5)n4)cc3)CC2)c1. The van der Waals surface area contributed by atoms with Crippen LogP contribution in [0.1, 0.15) is 30.0 Å². The number of aromatic nitrogens is 3. The Morgan fingerprint density at radius 3 is 2.36 bits per heavy atom. The lowest BCUT2D eigenvalue weighted by atomic mass is 9.94. The number of anilines is 4. The Kier molecular flexibility index (Phi) is 7.71. The second kappa shape index (κ2) is 11.3. The van der Waals surface area contributed by atoms with Crippen molar-refractivity contribution < 1.29 is 17.5 Å². The zero-order valence-corrected chi connectivity index (χ0v) is 22.5. The van der Waals surface area contributed by atoms with Gasteiger partial charge in [-0.05, 0) is 79.9 Å². The van der Waals surface area contributed by atoms with Gasteiger partial charge in [-0.2, -0.15) is 9.29 Å². The highest BCUT2D eigenvalue weighted by Gasteiger charge is 2.30. The van der Waals surface area contributed by atoms with E-state index in [9.17, 15) is 12.8 Å². The quantitative estimate of drug-likeness (QED) is 0.302. The van der Waals surface area contributed by atoms with Crippen molar-refractivity contribution in [2.45, 2.75) is 30.6 Å². The first-order valence-electron chi connectivity index (χ1n) is 12.6. The van der Waals surface area contributed by atoms with E-state index in [0.717, 1.165) is 11.4 Å². The summed E-state index contributed by atoms with van der Waals surface area (Å²) in [6, 6.07) is 16.7. The van der Waals surface area contributed by atoms with Crippen molar-refractivity contribution in [3.63, 3.8) is 0 Å². The van der Waals surface area contributed by atoms with E-state index in [1.54, 1.807) is 75.0 Å². The molecule has 0 spiro atoms. The van der Waals surface area contributed by atoms with Crippen LogP contribution < -0.4 is 15.4 Å². The molecule has 0 saturated carbocycles. The Morgan fingerprint density at radius 2 is 1.64 bits per heavy atom. The van der Waals surface area contributed by atoms with Crippen LogP contribution in [0, 0.1) is 12.7 Å². The predicted octanol–water partition coefficient (Wildman–Crippen LogP) is 5.38. The number of rotatable bonds is 8. The molecular formula is C28H29FN6O3S. The molecule has 0 atom stereocenters. The summed E-state index contributed by atoms with van der Waals surface area (Å²) in [4.78, 5) is 13.4. The van der Waals surface area contributed by atoms with E-state index < -0.39 is 10.0 Å². The Bertz CT molecular complexity index is 1560. The molecule has 1 aliphatic heterocycles. The average Bonchev–Trinajstić information content (AvgIpc) is 2.96. The zero-order chi connectivity index (χ0) is 27.4. The second-order valence-electron chi connectivity index (χ2n) is 9.30. The summed E-state index contributed by atoms with van der Waals surface area (Å²) < 4.78 is 46.9. The smallest absolute Gasteiger partial charge is 0.243 e. The minimum Gasteiger partial charge on any atom is -0.497 e. The Morgan fingerprint density at radius 1 is 0.923 bits per heavy atom. The number of pyridine rings is 1. The van der Waals surface area contributed by atoms with E-state index in [2.05, 4.69) is 25.6 Å². The number of nitrogens with one attached hydrogen (secondary N) is 2. The molecule has 0 unspecified atom stereocenters. The third kappa shape index (κ3) is 6.15. The van der Waals surface area contributed by atoms with Gasteiger partial charge < -0.3 is 15.4 Å². The lowest BCUT2D eigenvalue weighted by Gasteiger charge is -2.31. The van der Waals surface area contributed by atoms with Gasteiger partial charge in [0.25, 0.3) is 0 Å². The maximum absolute atomic E-state index is 13.5. The molecule has 0 aliphatic carbocycles. The number of halogens is 1. The van der Waals surface area contributed by atoms with Gasteiger partial charge in [0.15, 0.2) is 0 Å². The van der Waals surface area contributed by atoms with Gasteiger partial charge in [0.2, 0.25) is 16.0 Å².